The summed E-state index contributed by atoms with van der Waals surface area (Å²) in [5, 5.41) is 7.14. The molecule has 0 saturated heterocycles. The second kappa shape index (κ2) is 4.70. The Morgan fingerprint density at radius 1 is 1.43 bits per heavy atom. The number of alkyl halides is 2. The lowest BCUT2D eigenvalue weighted by molar-refractivity contribution is 0.156. The molecule has 0 bridgehead atoms. The molecule has 1 heterocycles. The van der Waals surface area contributed by atoms with Gasteiger partial charge in [-0.05, 0) is 0 Å². The smallest absolute Gasteiger partial charge is 0.255 e. The predicted molar refractivity (Wildman–Crippen MR) is 51.3 cm³/mol. The van der Waals surface area contributed by atoms with Crippen molar-refractivity contribution in [2.24, 2.45) is 0 Å². The Kier molecular flexibility index (Phi) is 3.83. The zero-order valence-electron chi connectivity index (χ0n) is 7.22. The molecule has 78 valence electrons. The van der Waals surface area contributed by atoms with Crippen LogP contribution in [0.2, 0.25) is 10.3 Å². The summed E-state index contributed by atoms with van der Waals surface area (Å²) in [6, 6.07) is 1.39. The highest BCUT2D eigenvalue weighted by Crippen LogP contribution is 2.24. The van der Waals surface area contributed by atoms with E-state index in [1.807, 2.05) is 0 Å². The SMILES string of the molecule is CN(CC(F)F)c1cc(Cl)nnc1Cl. The Morgan fingerprint density at radius 2 is 2.07 bits per heavy atom. The second-order valence-corrected chi connectivity index (χ2v) is 3.36. The van der Waals surface area contributed by atoms with Crippen LogP contribution in [0.15, 0.2) is 6.07 Å². The van der Waals surface area contributed by atoms with E-state index >= 15 is 0 Å². The molecule has 0 fully saturated rings. The van der Waals surface area contributed by atoms with Crippen molar-refractivity contribution < 1.29 is 8.78 Å². The predicted octanol–water partition coefficient (Wildman–Crippen LogP) is 2.48. The van der Waals surface area contributed by atoms with Crippen molar-refractivity contribution in [1.29, 1.82) is 0 Å². The molecule has 0 unspecified atom stereocenters. The minimum Gasteiger partial charge on any atom is -0.366 e. The number of aromatic nitrogens is 2. The van der Waals surface area contributed by atoms with E-state index < -0.39 is 13.0 Å². The maximum Gasteiger partial charge on any atom is 0.255 e. The van der Waals surface area contributed by atoms with Gasteiger partial charge in [-0.15, -0.1) is 10.2 Å². The van der Waals surface area contributed by atoms with Gasteiger partial charge in [0.25, 0.3) is 6.43 Å². The first-order valence-corrected chi connectivity index (χ1v) is 4.44. The van der Waals surface area contributed by atoms with E-state index in [1.165, 1.54) is 18.0 Å². The third-order valence-corrected chi connectivity index (χ3v) is 1.98. The molecule has 1 rings (SSSR count). The highest BCUT2D eigenvalue weighted by atomic mass is 35.5. The molecule has 1 aromatic heterocycles. The molecule has 0 atom stereocenters. The highest BCUT2D eigenvalue weighted by Gasteiger charge is 2.13. The molecule has 1 aromatic rings. The summed E-state index contributed by atoms with van der Waals surface area (Å²) in [7, 11) is 1.48. The third-order valence-electron chi connectivity index (χ3n) is 1.52. The summed E-state index contributed by atoms with van der Waals surface area (Å²) < 4.78 is 24.1. The fourth-order valence-electron chi connectivity index (χ4n) is 0.917. The van der Waals surface area contributed by atoms with E-state index in [4.69, 9.17) is 23.2 Å². The molecule has 0 aliphatic rings. The van der Waals surface area contributed by atoms with E-state index in [-0.39, 0.29) is 10.3 Å². The highest BCUT2D eigenvalue weighted by molar-refractivity contribution is 6.33. The van der Waals surface area contributed by atoms with Crippen molar-refractivity contribution in [3.63, 3.8) is 0 Å². The van der Waals surface area contributed by atoms with Gasteiger partial charge in [0.2, 0.25) is 0 Å². The van der Waals surface area contributed by atoms with Crippen molar-refractivity contribution in [2.45, 2.75) is 6.43 Å². The van der Waals surface area contributed by atoms with Crippen LogP contribution in [-0.4, -0.2) is 30.2 Å². The van der Waals surface area contributed by atoms with Crippen molar-refractivity contribution in [2.75, 3.05) is 18.5 Å². The second-order valence-electron chi connectivity index (χ2n) is 2.61. The third kappa shape index (κ3) is 2.92. The number of anilines is 1. The summed E-state index contributed by atoms with van der Waals surface area (Å²) in [6.07, 6.45) is -2.44. The molecule has 7 heteroatoms. The van der Waals surface area contributed by atoms with E-state index in [1.54, 1.807) is 0 Å². The first kappa shape index (κ1) is 11.4. The molecule has 0 N–H and O–H groups in total. The van der Waals surface area contributed by atoms with Crippen molar-refractivity contribution >= 4 is 28.9 Å². The lowest BCUT2D eigenvalue weighted by Crippen LogP contribution is -2.24. The van der Waals surface area contributed by atoms with E-state index in [9.17, 15) is 8.78 Å². The van der Waals surface area contributed by atoms with Crippen LogP contribution in [0.4, 0.5) is 14.5 Å². The largest absolute Gasteiger partial charge is 0.366 e. The summed E-state index contributed by atoms with van der Waals surface area (Å²) >= 11 is 11.2. The molecule has 0 radical (unpaired) electrons. The number of hydrogen-bond acceptors (Lipinski definition) is 3. The fraction of sp³-hybridized carbons (Fsp3) is 0.429. The van der Waals surface area contributed by atoms with Gasteiger partial charge in [0, 0.05) is 13.1 Å². The monoisotopic (exact) mass is 241 g/mol. The average molecular weight is 242 g/mol. The van der Waals surface area contributed by atoms with Gasteiger partial charge >= 0.3 is 0 Å². The maximum absolute atomic E-state index is 12.0. The van der Waals surface area contributed by atoms with Gasteiger partial charge in [-0.1, -0.05) is 23.2 Å². The van der Waals surface area contributed by atoms with Gasteiger partial charge in [-0.2, -0.15) is 0 Å². The van der Waals surface area contributed by atoms with Crippen molar-refractivity contribution in [1.82, 2.24) is 10.2 Å². The molecule has 14 heavy (non-hydrogen) atoms. The van der Waals surface area contributed by atoms with Crippen LogP contribution in [0.3, 0.4) is 0 Å². The number of rotatable bonds is 3. The van der Waals surface area contributed by atoms with Crippen LogP contribution in [0, 0.1) is 0 Å². The first-order chi connectivity index (χ1) is 6.50. The topological polar surface area (TPSA) is 29.0 Å². The molecule has 0 saturated carbocycles. The molecule has 0 aliphatic carbocycles. The van der Waals surface area contributed by atoms with Crippen LogP contribution in [0.5, 0.6) is 0 Å². The summed E-state index contributed by atoms with van der Waals surface area (Å²) in [6.45, 7) is -0.429. The van der Waals surface area contributed by atoms with Crippen LogP contribution in [0.25, 0.3) is 0 Å². The zero-order chi connectivity index (χ0) is 10.7. The Hall–Kier alpha value is -0.680. The Labute approximate surface area is 89.6 Å². The molecular formula is C7H7Cl2F2N3. The van der Waals surface area contributed by atoms with E-state index in [0.717, 1.165) is 0 Å². The molecule has 0 spiro atoms. The van der Waals surface area contributed by atoms with Crippen LogP contribution in [0.1, 0.15) is 0 Å². The molecule has 0 aliphatic heterocycles. The minimum absolute atomic E-state index is 0.0533. The lowest BCUT2D eigenvalue weighted by atomic mass is 10.4. The Bertz CT molecular complexity index is 322. The zero-order valence-corrected chi connectivity index (χ0v) is 8.73. The summed E-state index contributed by atoms with van der Waals surface area (Å²) in [5.41, 5.74) is 0.340. The quantitative estimate of drug-likeness (QED) is 0.815. The van der Waals surface area contributed by atoms with Gasteiger partial charge in [0.15, 0.2) is 10.3 Å². The number of hydrogen-bond donors (Lipinski definition) is 0. The van der Waals surface area contributed by atoms with E-state index in [2.05, 4.69) is 10.2 Å². The fourth-order valence-corrected chi connectivity index (χ4v) is 1.29. The molecule has 3 nitrogen and oxygen atoms in total. The van der Waals surface area contributed by atoms with Gasteiger partial charge in [0.1, 0.15) is 0 Å². The summed E-state index contributed by atoms with van der Waals surface area (Å²) in [4.78, 5) is 1.27. The Morgan fingerprint density at radius 3 is 2.64 bits per heavy atom. The van der Waals surface area contributed by atoms with Gasteiger partial charge in [0.05, 0.1) is 12.2 Å². The van der Waals surface area contributed by atoms with Gasteiger partial charge in [-0.25, -0.2) is 8.78 Å². The van der Waals surface area contributed by atoms with Crippen molar-refractivity contribution in [3.8, 4) is 0 Å². The van der Waals surface area contributed by atoms with Gasteiger partial charge in [-0.3, -0.25) is 0 Å². The standard InChI is InChI=1S/C7H7Cl2F2N3/c1-14(3-6(10)11)4-2-5(8)12-13-7(4)9/h2,6H,3H2,1H3. The minimum atomic E-state index is -2.44. The Balaban J connectivity index is 2.88. The molecule has 0 amide bonds. The lowest BCUT2D eigenvalue weighted by Gasteiger charge is -2.18. The van der Waals surface area contributed by atoms with E-state index in [0.29, 0.717) is 5.69 Å². The van der Waals surface area contributed by atoms with Gasteiger partial charge < -0.3 is 4.90 Å². The normalized spacial score (nSPS) is 10.7. The number of halogens is 4. The first-order valence-electron chi connectivity index (χ1n) is 3.68. The number of nitrogens with zero attached hydrogens (tertiary/aromatic N) is 3. The summed E-state index contributed by atoms with van der Waals surface area (Å²) in [5.74, 6) is 0. The molecule has 0 aromatic carbocycles. The molecular weight excluding hydrogens is 235 g/mol. The van der Waals surface area contributed by atoms with Crippen LogP contribution >= 0.6 is 23.2 Å². The van der Waals surface area contributed by atoms with Crippen LogP contribution in [-0.2, 0) is 0 Å². The van der Waals surface area contributed by atoms with Crippen LogP contribution < -0.4 is 4.90 Å². The van der Waals surface area contributed by atoms with Crippen molar-refractivity contribution in [3.05, 3.63) is 16.4 Å². The average Bonchev–Trinajstić information content (AvgIpc) is 2.08. The maximum atomic E-state index is 12.0.